The van der Waals surface area contributed by atoms with Crippen molar-refractivity contribution in [1.29, 1.82) is 0 Å². The van der Waals surface area contributed by atoms with Gasteiger partial charge in [-0.05, 0) is 38.4 Å². The molecule has 10 heteroatoms. The Balaban J connectivity index is 1.47. The third-order valence-corrected chi connectivity index (χ3v) is 5.43. The number of piperidine rings is 1. The molecule has 3 aromatic rings. The van der Waals surface area contributed by atoms with Gasteiger partial charge in [-0.3, -0.25) is 4.90 Å². The van der Waals surface area contributed by atoms with Gasteiger partial charge in [-0.15, -0.1) is 0 Å². The van der Waals surface area contributed by atoms with Crippen LogP contribution in [-0.2, 0) is 19.1 Å². The van der Waals surface area contributed by atoms with E-state index in [1.54, 1.807) is 25.4 Å². The van der Waals surface area contributed by atoms with Gasteiger partial charge in [0.15, 0.2) is 5.65 Å². The van der Waals surface area contributed by atoms with Gasteiger partial charge in [-0.1, -0.05) is 6.92 Å². The highest BCUT2D eigenvalue weighted by Gasteiger charge is 2.35. The number of aromatic nitrogens is 5. The summed E-state index contributed by atoms with van der Waals surface area (Å²) in [4.78, 5) is 14.9. The van der Waals surface area contributed by atoms with Crippen molar-refractivity contribution >= 4 is 5.65 Å². The standard InChI is InChI=1S/C20H23F3N6O/c1-3-15-8-17(20(21,22)23)29-18(26-15)9-16(27-29)14-4-6-28(7-5-14)12-13-10-24-19(30-2)25-11-13/h8-11,14H,3-7,12H2,1-2H3. The fourth-order valence-electron chi connectivity index (χ4n) is 3.80. The predicted octanol–water partition coefficient (Wildman–Crippen LogP) is 3.49. The van der Waals surface area contributed by atoms with Crippen LogP contribution >= 0.6 is 0 Å². The van der Waals surface area contributed by atoms with Gasteiger partial charge in [0.25, 0.3) is 0 Å². The van der Waals surface area contributed by atoms with Gasteiger partial charge in [0, 0.05) is 42.2 Å². The maximum Gasteiger partial charge on any atom is 0.433 e. The van der Waals surface area contributed by atoms with Gasteiger partial charge in [0.2, 0.25) is 0 Å². The normalized spacial score (nSPS) is 16.3. The highest BCUT2D eigenvalue weighted by atomic mass is 19.4. The topological polar surface area (TPSA) is 68.4 Å². The van der Waals surface area contributed by atoms with Crippen LogP contribution in [0.25, 0.3) is 5.65 Å². The Morgan fingerprint density at radius 3 is 2.43 bits per heavy atom. The van der Waals surface area contributed by atoms with Crippen molar-refractivity contribution in [2.45, 2.75) is 44.8 Å². The molecule has 1 aliphatic rings. The Hall–Kier alpha value is -2.75. The SMILES string of the molecule is CCc1cc(C(F)(F)F)n2nc(C3CCN(Cc4cnc(OC)nc4)CC3)cc2n1. The van der Waals surface area contributed by atoms with Crippen molar-refractivity contribution in [3.05, 3.63) is 47.2 Å². The summed E-state index contributed by atoms with van der Waals surface area (Å²) in [6.45, 7) is 4.16. The lowest BCUT2D eigenvalue weighted by Crippen LogP contribution is -2.32. The van der Waals surface area contributed by atoms with E-state index in [1.807, 2.05) is 0 Å². The minimum absolute atomic E-state index is 0.112. The fraction of sp³-hybridized carbons (Fsp3) is 0.500. The average Bonchev–Trinajstić information content (AvgIpc) is 3.17. The number of alkyl halides is 3. The summed E-state index contributed by atoms with van der Waals surface area (Å²) in [5.41, 5.74) is 1.57. The number of likely N-dealkylation sites (tertiary alicyclic amines) is 1. The molecule has 1 aliphatic heterocycles. The van der Waals surface area contributed by atoms with Crippen LogP contribution in [0.3, 0.4) is 0 Å². The molecule has 0 N–H and O–H groups in total. The van der Waals surface area contributed by atoms with Gasteiger partial charge in [-0.2, -0.15) is 18.3 Å². The van der Waals surface area contributed by atoms with Crippen molar-refractivity contribution in [1.82, 2.24) is 29.5 Å². The molecule has 160 valence electrons. The Labute approximate surface area is 171 Å². The summed E-state index contributed by atoms with van der Waals surface area (Å²) in [7, 11) is 1.52. The van der Waals surface area contributed by atoms with E-state index < -0.39 is 11.9 Å². The highest BCUT2D eigenvalue weighted by molar-refractivity contribution is 5.43. The number of methoxy groups -OCH3 is 1. The first-order valence-corrected chi connectivity index (χ1v) is 9.91. The van der Waals surface area contributed by atoms with E-state index >= 15 is 0 Å². The average molecular weight is 420 g/mol. The zero-order valence-corrected chi connectivity index (χ0v) is 16.9. The van der Waals surface area contributed by atoms with Crippen LogP contribution < -0.4 is 4.74 Å². The molecule has 0 aromatic carbocycles. The molecule has 0 amide bonds. The smallest absolute Gasteiger partial charge is 0.433 e. The third kappa shape index (κ3) is 4.23. The summed E-state index contributed by atoms with van der Waals surface area (Å²) in [6.07, 6.45) is 1.10. The van der Waals surface area contributed by atoms with Gasteiger partial charge >= 0.3 is 12.2 Å². The van der Waals surface area contributed by atoms with E-state index in [0.717, 1.165) is 48.6 Å². The van der Waals surface area contributed by atoms with Crippen LogP contribution in [0.5, 0.6) is 6.01 Å². The molecule has 3 aromatic heterocycles. The van der Waals surface area contributed by atoms with E-state index in [1.165, 1.54) is 7.11 Å². The zero-order valence-electron chi connectivity index (χ0n) is 16.9. The van der Waals surface area contributed by atoms with Crippen molar-refractivity contribution in [2.75, 3.05) is 20.2 Å². The summed E-state index contributed by atoms with van der Waals surface area (Å²) in [6, 6.07) is 3.12. The van der Waals surface area contributed by atoms with Crippen molar-refractivity contribution in [3.8, 4) is 6.01 Å². The Morgan fingerprint density at radius 2 is 1.83 bits per heavy atom. The van der Waals surface area contributed by atoms with Crippen LogP contribution in [0.1, 0.15) is 48.3 Å². The minimum Gasteiger partial charge on any atom is -0.467 e. The minimum atomic E-state index is -4.47. The van der Waals surface area contributed by atoms with Crippen molar-refractivity contribution < 1.29 is 17.9 Å². The zero-order chi connectivity index (χ0) is 21.3. The Morgan fingerprint density at radius 1 is 1.13 bits per heavy atom. The molecule has 0 bridgehead atoms. The second-order valence-electron chi connectivity index (χ2n) is 7.45. The van der Waals surface area contributed by atoms with E-state index in [0.29, 0.717) is 23.8 Å². The number of rotatable bonds is 5. The Kier molecular flexibility index (Phi) is 5.59. The number of fused-ring (bicyclic) bond motifs is 1. The predicted molar refractivity (Wildman–Crippen MR) is 103 cm³/mol. The van der Waals surface area contributed by atoms with Gasteiger partial charge < -0.3 is 4.74 Å². The molecule has 1 fully saturated rings. The second-order valence-corrected chi connectivity index (χ2v) is 7.45. The second kappa shape index (κ2) is 8.17. The molecule has 0 atom stereocenters. The summed E-state index contributed by atoms with van der Waals surface area (Å²) >= 11 is 0. The van der Waals surface area contributed by atoms with E-state index in [-0.39, 0.29) is 11.6 Å². The lowest BCUT2D eigenvalue weighted by molar-refractivity contribution is -0.142. The molecule has 30 heavy (non-hydrogen) atoms. The van der Waals surface area contributed by atoms with E-state index in [2.05, 4.69) is 25.0 Å². The first-order chi connectivity index (χ1) is 14.4. The largest absolute Gasteiger partial charge is 0.467 e. The lowest BCUT2D eigenvalue weighted by Gasteiger charge is -2.31. The molecular formula is C20H23F3N6O. The first kappa shape index (κ1) is 20.5. The Bertz CT molecular complexity index is 1010. The number of hydrogen-bond acceptors (Lipinski definition) is 6. The van der Waals surface area contributed by atoms with Crippen LogP contribution in [0, 0.1) is 0 Å². The van der Waals surface area contributed by atoms with Crippen LogP contribution in [0.15, 0.2) is 24.5 Å². The summed E-state index contributed by atoms with van der Waals surface area (Å²) < 4.78 is 46.3. The van der Waals surface area contributed by atoms with E-state index in [4.69, 9.17) is 4.74 Å². The molecular weight excluding hydrogens is 397 g/mol. The molecule has 7 nitrogen and oxygen atoms in total. The summed E-state index contributed by atoms with van der Waals surface area (Å²) in [5, 5.41) is 4.29. The van der Waals surface area contributed by atoms with Gasteiger partial charge in [0.1, 0.15) is 5.69 Å². The molecule has 4 rings (SSSR count). The number of nitrogens with zero attached hydrogens (tertiary/aromatic N) is 6. The fourth-order valence-corrected chi connectivity index (χ4v) is 3.80. The third-order valence-electron chi connectivity index (χ3n) is 5.43. The molecule has 0 spiro atoms. The van der Waals surface area contributed by atoms with E-state index in [9.17, 15) is 13.2 Å². The first-order valence-electron chi connectivity index (χ1n) is 9.91. The monoisotopic (exact) mass is 420 g/mol. The number of aryl methyl sites for hydroxylation is 1. The lowest BCUT2D eigenvalue weighted by atomic mass is 9.93. The number of hydrogen-bond donors (Lipinski definition) is 0. The quantitative estimate of drug-likeness (QED) is 0.630. The van der Waals surface area contributed by atoms with Gasteiger partial charge in [0.05, 0.1) is 12.8 Å². The van der Waals surface area contributed by atoms with Crippen molar-refractivity contribution in [3.63, 3.8) is 0 Å². The molecule has 0 saturated carbocycles. The molecule has 1 saturated heterocycles. The molecule has 4 heterocycles. The maximum absolute atomic E-state index is 13.5. The van der Waals surface area contributed by atoms with Crippen LogP contribution in [0.2, 0.25) is 0 Å². The molecule has 0 radical (unpaired) electrons. The van der Waals surface area contributed by atoms with Gasteiger partial charge in [-0.25, -0.2) is 19.5 Å². The molecule has 0 aliphatic carbocycles. The summed E-state index contributed by atoms with van der Waals surface area (Å²) in [5.74, 6) is 0.112. The number of halogens is 3. The van der Waals surface area contributed by atoms with Crippen LogP contribution in [0.4, 0.5) is 13.2 Å². The highest BCUT2D eigenvalue weighted by Crippen LogP contribution is 2.33. The maximum atomic E-state index is 13.5. The number of ether oxygens (including phenoxy) is 1. The molecule has 0 unspecified atom stereocenters. The van der Waals surface area contributed by atoms with Crippen LogP contribution in [-0.4, -0.2) is 49.7 Å². The van der Waals surface area contributed by atoms with Crippen molar-refractivity contribution in [2.24, 2.45) is 0 Å².